The number of hydrogen-bond acceptors (Lipinski definition) is 2. The monoisotopic (exact) mass is 194 g/mol. The lowest BCUT2D eigenvalue weighted by Gasteiger charge is -2.19. The summed E-state index contributed by atoms with van der Waals surface area (Å²) in [6.07, 6.45) is 0.843. The summed E-state index contributed by atoms with van der Waals surface area (Å²) in [5.41, 5.74) is 9.69. The summed E-state index contributed by atoms with van der Waals surface area (Å²) in [5, 5.41) is 8.77. The van der Waals surface area contributed by atoms with Crippen molar-refractivity contribution in [3.05, 3.63) is 29.6 Å². The van der Waals surface area contributed by atoms with Crippen LogP contribution in [0.1, 0.15) is 5.56 Å². The maximum absolute atomic E-state index is 12.9. The molecule has 1 aromatic carbocycles. The molecule has 0 saturated carbocycles. The number of nitrogens with two attached hydrogens (primary N) is 1. The lowest BCUT2D eigenvalue weighted by atomic mass is 10.2. The molecular weight excluding hydrogens is 183 g/mol. The standard InChI is InChI=1S/C9H11FN4/c10-7-2-1-6-3-4-14(8(6)5-7)13-9(11)12/h1-2,5H,3-4H2,(H4,11,12,13). The molecule has 0 saturated heterocycles. The van der Waals surface area contributed by atoms with E-state index < -0.39 is 0 Å². The van der Waals surface area contributed by atoms with E-state index in [4.69, 9.17) is 11.1 Å². The minimum absolute atomic E-state index is 0.137. The van der Waals surface area contributed by atoms with Crippen molar-refractivity contribution < 1.29 is 4.39 Å². The van der Waals surface area contributed by atoms with E-state index in [1.807, 2.05) is 0 Å². The summed E-state index contributed by atoms with van der Waals surface area (Å²) < 4.78 is 12.9. The van der Waals surface area contributed by atoms with Gasteiger partial charge >= 0.3 is 0 Å². The third-order valence-corrected chi connectivity index (χ3v) is 2.20. The summed E-state index contributed by atoms with van der Waals surface area (Å²) in [6, 6.07) is 4.64. The van der Waals surface area contributed by atoms with Crippen LogP contribution >= 0.6 is 0 Å². The van der Waals surface area contributed by atoms with E-state index in [0.717, 1.165) is 17.7 Å². The Kier molecular flexibility index (Phi) is 1.99. The number of guanidine groups is 1. The van der Waals surface area contributed by atoms with Gasteiger partial charge in [-0.2, -0.15) is 0 Å². The number of nitrogens with zero attached hydrogens (tertiary/aromatic N) is 1. The number of rotatable bonds is 1. The van der Waals surface area contributed by atoms with Gasteiger partial charge in [-0.25, -0.2) is 4.39 Å². The van der Waals surface area contributed by atoms with Crippen molar-refractivity contribution in [3.63, 3.8) is 0 Å². The SMILES string of the molecule is N=C(N)NN1CCc2ccc(F)cc21. The van der Waals surface area contributed by atoms with E-state index in [9.17, 15) is 4.39 Å². The number of halogens is 1. The first kappa shape index (κ1) is 8.80. The highest BCUT2D eigenvalue weighted by molar-refractivity contribution is 5.77. The van der Waals surface area contributed by atoms with Crippen LogP contribution in [0.25, 0.3) is 0 Å². The smallest absolute Gasteiger partial charge is 0.204 e. The van der Waals surface area contributed by atoms with E-state index in [1.165, 1.54) is 12.1 Å². The molecule has 0 aliphatic carbocycles. The minimum Gasteiger partial charge on any atom is -0.369 e. The van der Waals surface area contributed by atoms with Gasteiger partial charge in [0.05, 0.1) is 5.69 Å². The third-order valence-electron chi connectivity index (χ3n) is 2.20. The quantitative estimate of drug-likeness (QED) is 0.452. The van der Waals surface area contributed by atoms with Crippen molar-refractivity contribution in [1.82, 2.24) is 5.43 Å². The van der Waals surface area contributed by atoms with Crippen molar-refractivity contribution in [3.8, 4) is 0 Å². The largest absolute Gasteiger partial charge is 0.369 e. The fraction of sp³-hybridized carbons (Fsp3) is 0.222. The van der Waals surface area contributed by atoms with Crippen LogP contribution in [0, 0.1) is 11.2 Å². The van der Waals surface area contributed by atoms with Crippen molar-refractivity contribution >= 4 is 11.6 Å². The van der Waals surface area contributed by atoms with Gasteiger partial charge in [-0.3, -0.25) is 15.8 Å². The zero-order valence-electron chi connectivity index (χ0n) is 7.55. The average molecular weight is 194 g/mol. The van der Waals surface area contributed by atoms with Crippen LogP contribution in [0.4, 0.5) is 10.1 Å². The van der Waals surface area contributed by atoms with Crippen LogP contribution in [-0.2, 0) is 6.42 Å². The Morgan fingerprint density at radius 1 is 1.57 bits per heavy atom. The molecule has 0 bridgehead atoms. The Morgan fingerprint density at radius 2 is 2.36 bits per heavy atom. The van der Waals surface area contributed by atoms with Gasteiger partial charge in [0.1, 0.15) is 5.82 Å². The summed E-state index contributed by atoms with van der Waals surface area (Å²) in [7, 11) is 0. The minimum atomic E-state index is -0.277. The molecule has 0 aromatic heterocycles. The molecule has 1 aromatic rings. The first-order chi connectivity index (χ1) is 6.66. The first-order valence-corrected chi connectivity index (χ1v) is 4.33. The molecule has 0 fully saturated rings. The fourth-order valence-corrected chi connectivity index (χ4v) is 1.61. The molecule has 5 heteroatoms. The van der Waals surface area contributed by atoms with E-state index in [2.05, 4.69) is 5.43 Å². The van der Waals surface area contributed by atoms with Crippen molar-refractivity contribution in [2.75, 3.05) is 11.6 Å². The van der Waals surface area contributed by atoms with E-state index in [1.54, 1.807) is 11.1 Å². The lowest BCUT2D eigenvalue weighted by Crippen LogP contribution is -2.44. The van der Waals surface area contributed by atoms with E-state index in [-0.39, 0.29) is 11.8 Å². The maximum Gasteiger partial charge on any atom is 0.204 e. The molecule has 4 nitrogen and oxygen atoms in total. The molecule has 2 rings (SSSR count). The highest BCUT2D eigenvalue weighted by Crippen LogP contribution is 2.26. The Hall–Kier alpha value is -1.78. The van der Waals surface area contributed by atoms with Gasteiger partial charge in [0.15, 0.2) is 0 Å². The summed E-state index contributed by atoms with van der Waals surface area (Å²) in [5.74, 6) is -0.414. The predicted octanol–water partition coefficient (Wildman–Crippen LogP) is 0.586. The topological polar surface area (TPSA) is 65.1 Å². The number of fused-ring (bicyclic) bond motifs is 1. The van der Waals surface area contributed by atoms with Crippen LogP contribution in [0.5, 0.6) is 0 Å². The summed E-state index contributed by atoms with van der Waals surface area (Å²) in [4.78, 5) is 0. The molecular formula is C9H11FN4. The molecule has 1 aliphatic rings. The molecule has 1 heterocycles. The average Bonchev–Trinajstić information content (AvgIpc) is 2.47. The molecule has 0 radical (unpaired) electrons. The number of benzene rings is 1. The van der Waals surface area contributed by atoms with Gasteiger partial charge in [-0.1, -0.05) is 6.07 Å². The summed E-state index contributed by atoms with van der Waals surface area (Å²) >= 11 is 0. The van der Waals surface area contributed by atoms with E-state index >= 15 is 0 Å². The molecule has 4 N–H and O–H groups in total. The van der Waals surface area contributed by atoms with E-state index in [0.29, 0.717) is 6.54 Å². The van der Waals surface area contributed by atoms with Crippen LogP contribution in [-0.4, -0.2) is 12.5 Å². The number of anilines is 1. The van der Waals surface area contributed by atoms with Crippen LogP contribution < -0.4 is 16.2 Å². The van der Waals surface area contributed by atoms with Crippen molar-refractivity contribution in [1.29, 1.82) is 5.41 Å². The Bertz CT molecular complexity index is 377. The van der Waals surface area contributed by atoms with Crippen molar-refractivity contribution in [2.45, 2.75) is 6.42 Å². The molecule has 0 amide bonds. The predicted molar refractivity (Wildman–Crippen MR) is 52.5 cm³/mol. The van der Waals surface area contributed by atoms with Crippen LogP contribution in [0.3, 0.4) is 0 Å². The molecule has 14 heavy (non-hydrogen) atoms. The lowest BCUT2D eigenvalue weighted by molar-refractivity contribution is 0.627. The van der Waals surface area contributed by atoms with Gasteiger partial charge in [0, 0.05) is 6.54 Å². The fourth-order valence-electron chi connectivity index (χ4n) is 1.61. The Morgan fingerprint density at radius 3 is 3.07 bits per heavy atom. The molecule has 0 atom stereocenters. The molecule has 0 unspecified atom stereocenters. The highest BCUT2D eigenvalue weighted by atomic mass is 19.1. The Balaban J connectivity index is 2.28. The summed E-state index contributed by atoms with van der Waals surface area (Å²) in [6.45, 7) is 0.707. The zero-order chi connectivity index (χ0) is 10.1. The zero-order valence-corrected chi connectivity index (χ0v) is 7.55. The van der Waals surface area contributed by atoms with Crippen molar-refractivity contribution in [2.24, 2.45) is 5.73 Å². The molecule has 1 aliphatic heterocycles. The van der Waals surface area contributed by atoms with Crippen LogP contribution in [0.2, 0.25) is 0 Å². The second-order valence-electron chi connectivity index (χ2n) is 3.20. The normalized spacial score (nSPS) is 13.9. The van der Waals surface area contributed by atoms with Gasteiger partial charge < -0.3 is 5.73 Å². The van der Waals surface area contributed by atoms with Gasteiger partial charge in [0.2, 0.25) is 5.96 Å². The first-order valence-electron chi connectivity index (χ1n) is 4.33. The second-order valence-corrected chi connectivity index (χ2v) is 3.20. The molecule has 0 spiro atoms. The number of hydrogen-bond donors (Lipinski definition) is 3. The van der Waals surface area contributed by atoms with Crippen LogP contribution in [0.15, 0.2) is 18.2 Å². The number of hydrazine groups is 1. The number of nitrogens with one attached hydrogen (secondary N) is 2. The van der Waals surface area contributed by atoms with Gasteiger partial charge in [-0.05, 0) is 24.1 Å². The van der Waals surface area contributed by atoms with Gasteiger partial charge in [-0.15, -0.1) is 0 Å². The maximum atomic E-state index is 12.9. The second kappa shape index (κ2) is 3.17. The molecule has 74 valence electrons. The Labute approximate surface area is 81.0 Å². The van der Waals surface area contributed by atoms with Gasteiger partial charge in [0.25, 0.3) is 0 Å². The third kappa shape index (κ3) is 1.48. The highest BCUT2D eigenvalue weighted by Gasteiger charge is 2.19.